The van der Waals surface area contributed by atoms with Gasteiger partial charge in [0.25, 0.3) is 5.69 Å². The Bertz CT molecular complexity index is 1330. The van der Waals surface area contributed by atoms with E-state index < -0.39 is 27.2 Å². The summed E-state index contributed by atoms with van der Waals surface area (Å²) in [4.78, 5) is 33.3. The van der Waals surface area contributed by atoms with Crippen molar-refractivity contribution in [3.05, 3.63) is 91.2 Å². The molecular weight excluding hydrogens is 480 g/mol. The summed E-state index contributed by atoms with van der Waals surface area (Å²) in [5.41, 5.74) is 2.38. The summed E-state index contributed by atoms with van der Waals surface area (Å²) in [7, 11) is 0. The number of halogens is 1. The summed E-state index contributed by atoms with van der Waals surface area (Å²) in [6.45, 7) is 3.25. The van der Waals surface area contributed by atoms with E-state index in [4.69, 9.17) is 20.8 Å². The lowest BCUT2D eigenvalue weighted by molar-refractivity contribution is -0.393. The second-order valence-corrected chi connectivity index (χ2v) is 7.45. The van der Waals surface area contributed by atoms with Crippen molar-refractivity contribution in [3.63, 3.8) is 0 Å². The molecule has 11 nitrogen and oxygen atoms in total. The van der Waals surface area contributed by atoms with E-state index in [9.17, 15) is 25.0 Å². The number of nitrogens with one attached hydrogen (secondary N) is 1. The van der Waals surface area contributed by atoms with Gasteiger partial charge >= 0.3 is 11.7 Å². The van der Waals surface area contributed by atoms with Gasteiger partial charge < -0.3 is 9.15 Å². The lowest BCUT2D eigenvalue weighted by atomic mass is 10.1. The number of non-ortho nitro benzene ring substituents is 1. The molecule has 0 bridgehead atoms. The Morgan fingerprint density at radius 1 is 1.11 bits per heavy atom. The first-order valence-corrected chi connectivity index (χ1v) is 10.6. The average Bonchev–Trinajstić information content (AvgIpc) is 3.30. The summed E-state index contributed by atoms with van der Waals surface area (Å²) >= 11 is 5.92. The first-order valence-electron chi connectivity index (χ1n) is 10.2. The predicted molar refractivity (Wildman–Crippen MR) is 130 cm³/mol. The van der Waals surface area contributed by atoms with Crippen LogP contribution in [0.5, 0.6) is 0 Å². The molecule has 0 unspecified atom stereocenters. The molecule has 35 heavy (non-hydrogen) atoms. The maximum atomic E-state index is 12.6. The van der Waals surface area contributed by atoms with Crippen LogP contribution in [0, 0.1) is 20.2 Å². The standard InChI is InChI=1S/C23H19ClN4O7/c1-3-34-23(29)19(13-18-9-11-22(35-18)15-4-6-16(24)7-5-15)14(2)25-26-20-10-8-17(27(30)31)12-21(20)28(32)33/h4-13,26H,3H2,1-2H3. The molecule has 1 aromatic heterocycles. The summed E-state index contributed by atoms with van der Waals surface area (Å²) in [5, 5.41) is 26.9. The fourth-order valence-electron chi connectivity index (χ4n) is 2.95. The second-order valence-electron chi connectivity index (χ2n) is 7.01. The van der Waals surface area contributed by atoms with E-state index in [1.165, 1.54) is 13.0 Å². The quantitative estimate of drug-likeness (QED) is 0.127. The number of nitrogens with zero attached hydrogens (tertiary/aromatic N) is 3. The predicted octanol–water partition coefficient (Wildman–Crippen LogP) is 5.85. The van der Waals surface area contributed by atoms with Crippen LogP contribution in [0.2, 0.25) is 5.02 Å². The van der Waals surface area contributed by atoms with Gasteiger partial charge in [-0.05, 0) is 62.4 Å². The van der Waals surface area contributed by atoms with Gasteiger partial charge in [0.1, 0.15) is 17.2 Å². The van der Waals surface area contributed by atoms with E-state index in [1.807, 2.05) is 0 Å². The first kappa shape index (κ1) is 25.1. The second kappa shape index (κ2) is 11.1. The number of anilines is 1. The Balaban J connectivity index is 1.92. The molecule has 0 fully saturated rings. The molecule has 3 rings (SSSR count). The lowest BCUT2D eigenvalue weighted by Crippen LogP contribution is -2.15. The molecule has 2 aromatic carbocycles. The topological polar surface area (TPSA) is 150 Å². The summed E-state index contributed by atoms with van der Waals surface area (Å²) in [6, 6.07) is 13.5. The van der Waals surface area contributed by atoms with Gasteiger partial charge in [0.15, 0.2) is 0 Å². The van der Waals surface area contributed by atoms with Crippen LogP contribution in [0.25, 0.3) is 17.4 Å². The van der Waals surface area contributed by atoms with Crippen molar-refractivity contribution >= 4 is 46.4 Å². The summed E-state index contributed by atoms with van der Waals surface area (Å²) < 4.78 is 10.9. The molecule has 0 atom stereocenters. The molecule has 1 N–H and O–H groups in total. The number of carbonyl (C=O) groups is 1. The van der Waals surface area contributed by atoms with E-state index in [1.54, 1.807) is 43.3 Å². The maximum absolute atomic E-state index is 12.6. The van der Waals surface area contributed by atoms with E-state index >= 15 is 0 Å². The zero-order valence-electron chi connectivity index (χ0n) is 18.6. The molecule has 0 aliphatic rings. The Morgan fingerprint density at radius 2 is 1.83 bits per heavy atom. The number of hydrogen-bond acceptors (Lipinski definition) is 9. The molecule has 1 heterocycles. The highest BCUT2D eigenvalue weighted by Gasteiger charge is 2.20. The number of furan rings is 1. The molecule has 3 aromatic rings. The number of ether oxygens (including phenoxy) is 1. The Labute approximate surface area is 204 Å². The highest BCUT2D eigenvalue weighted by atomic mass is 35.5. The van der Waals surface area contributed by atoms with Crippen molar-refractivity contribution in [2.24, 2.45) is 5.10 Å². The van der Waals surface area contributed by atoms with Crippen molar-refractivity contribution in [2.45, 2.75) is 13.8 Å². The summed E-state index contributed by atoms with van der Waals surface area (Å²) in [5.74, 6) is 0.206. The van der Waals surface area contributed by atoms with Gasteiger partial charge in [0, 0.05) is 16.7 Å². The third kappa shape index (κ3) is 6.30. The van der Waals surface area contributed by atoms with Gasteiger partial charge in [0.2, 0.25) is 0 Å². The minimum atomic E-state index is -0.774. The number of hydrogen-bond donors (Lipinski definition) is 1. The Kier molecular flexibility index (Phi) is 7.95. The number of benzene rings is 2. The average molecular weight is 499 g/mol. The minimum absolute atomic E-state index is 0.0425. The molecule has 0 radical (unpaired) electrons. The largest absolute Gasteiger partial charge is 0.462 e. The lowest BCUT2D eigenvalue weighted by Gasteiger charge is -2.08. The van der Waals surface area contributed by atoms with E-state index in [0.29, 0.717) is 16.5 Å². The van der Waals surface area contributed by atoms with Crippen LogP contribution in [0.3, 0.4) is 0 Å². The van der Waals surface area contributed by atoms with Gasteiger partial charge in [-0.1, -0.05) is 11.6 Å². The SMILES string of the molecule is CCOC(=O)C(=Cc1ccc(-c2ccc(Cl)cc2)o1)C(C)=NNc1ccc([N+](=O)[O-])cc1[N+](=O)[O-]. The molecule has 0 saturated heterocycles. The first-order chi connectivity index (χ1) is 16.7. The van der Waals surface area contributed by atoms with Gasteiger partial charge in [-0.15, -0.1) is 0 Å². The molecule has 180 valence electrons. The monoisotopic (exact) mass is 498 g/mol. The van der Waals surface area contributed by atoms with Gasteiger partial charge in [0.05, 0.1) is 33.8 Å². The molecule has 12 heteroatoms. The van der Waals surface area contributed by atoms with Crippen molar-refractivity contribution in [1.29, 1.82) is 0 Å². The van der Waals surface area contributed by atoms with Crippen LogP contribution in [0.15, 0.2) is 69.7 Å². The molecule has 0 amide bonds. The molecule has 0 spiro atoms. The molecule has 0 aliphatic heterocycles. The maximum Gasteiger partial charge on any atom is 0.340 e. The number of esters is 1. The fraction of sp³-hybridized carbons (Fsp3) is 0.130. The fourth-order valence-corrected chi connectivity index (χ4v) is 3.07. The zero-order chi connectivity index (χ0) is 25.5. The van der Waals surface area contributed by atoms with E-state index in [0.717, 1.165) is 23.8 Å². The zero-order valence-corrected chi connectivity index (χ0v) is 19.3. The van der Waals surface area contributed by atoms with E-state index in [-0.39, 0.29) is 23.6 Å². The molecular formula is C23H19ClN4O7. The van der Waals surface area contributed by atoms with Crippen molar-refractivity contribution in [3.8, 4) is 11.3 Å². The molecule has 0 aliphatic carbocycles. The number of carbonyl (C=O) groups excluding carboxylic acids is 1. The highest BCUT2D eigenvalue weighted by Crippen LogP contribution is 2.29. The van der Waals surface area contributed by atoms with Crippen LogP contribution in [0.1, 0.15) is 19.6 Å². The van der Waals surface area contributed by atoms with Crippen LogP contribution in [-0.2, 0) is 9.53 Å². The number of rotatable bonds is 9. The normalized spacial score (nSPS) is 11.7. The highest BCUT2D eigenvalue weighted by molar-refractivity contribution is 6.30. The van der Waals surface area contributed by atoms with Crippen LogP contribution in [-0.4, -0.2) is 28.1 Å². The third-order valence-corrected chi connectivity index (χ3v) is 4.91. The van der Waals surface area contributed by atoms with Crippen LogP contribution in [0.4, 0.5) is 17.1 Å². The van der Waals surface area contributed by atoms with Crippen LogP contribution < -0.4 is 5.43 Å². The Morgan fingerprint density at radius 3 is 2.46 bits per heavy atom. The summed E-state index contributed by atoms with van der Waals surface area (Å²) in [6.07, 6.45) is 1.43. The van der Waals surface area contributed by atoms with Gasteiger partial charge in [-0.25, -0.2) is 4.79 Å². The van der Waals surface area contributed by atoms with Crippen molar-refractivity contribution < 1.29 is 23.8 Å². The van der Waals surface area contributed by atoms with E-state index in [2.05, 4.69) is 10.5 Å². The van der Waals surface area contributed by atoms with Crippen molar-refractivity contribution in [2.75, 3.05) is 12.0 Å². The van der Waals surface area contributed by atoms with Crippen molar-refractivity contribution in [1.82, 2.24) is 0 Å². The number of nitro groups is 2. The Hall–Kier alpha value is -4.51. The number of hydrazone groups is 1. The molecule has 0 saturated carbocycles. The van der Waals surface area contributed by atoms with Crippen LogP contribution >= 0.6 is 11.6 Å². The van der Waals surface area contributed by atoms with Gasteiger partial charge in [-0.2, -0.15) is 5.10 Å². The smallest absolute Gasteiger partial charge is 0.340 e. The third-order valence-electron chi connectivity index (χ3n) is 4.66. The van der Waals surface area contributed by atoms with Gasteiger partial charge in [-0.3, -0.25) is 25.7 Å². The minimum Gasteiger partial charge on any atom is -0.462 e. The number of nitro benzene ring substituents is 2.